The Morgan fingerprint density at radius 3 is 1.74 bits per heavy atom. The molecule has 34 heavy (non-hydrogen) atoms. The Labute approximate surface area is 201 Å². The zero-order chi connectivity index (χ0) is 24.7. The molecule has 2 aromatic carbocycles. The molecule has 3 rings (SSSR count). The predicted octanol–water partition coefficient (Wildman–Crippen LogP) is 2.82. The van der Waals surface area contributed by atoms with Gasteiger partial charge in [-0.1, -0.05) is 24.3 Å². The van der Waals surface area contributed by atoms with Crippen molar-refractivity contribution in [3.8, 4) is 11.5 Å². The van der Waals surface area contributed by atoms with Crippen LogP contribution in [0.3, 0.4) is 0 Å². The van der Waals surface area contributed by atoms with E-state index in [0.717, 1.165) is 11.1 Å². The molecule has 0 aliphatic rings. The second kappa shape index (κ2) is 11.3. The van der Waals surface area contributed by atoms with E-state index in [4.69, 9.17) is 9.47 Å². The second-order valence-electron chi connectivity index (χ2n) is 8.17. The van der Waals surface area contributed by atoms with Gasteiger partial charge in [0, 0.05) is 38.4 Å². The largest absolute Gasteiger partial charge is 0.497 e. The number of aromatic nitrogens is 1. The molecule has 0 radical (unpaired) electrons. The van der Waals surface area contributed by atoms with Gasteiger partial charge in [-0.25, -0.2) is 8.42 Å². The van der Waals surface area contributed by atoms with Crippen molar-refractivity contribution in [3.05, 3.63) is 88.3 Å². The molecule has 0 fully saturated rings. The van der Waals surface area contributed by atoms with Gasteiger partial charge in [-0.2, -0.15) is 4.31 Å². The molecule has 1 aromatic heterocycles. The number of sulfonamides is 1. The maximum absolute atomic E-state index is 13.7. The third kappa shape index (κ3) is 6.47. The van der Waals surface area contributed by atoms with E-state index in [1.165, 1.54) is 27.2 Å². The highest BCUT2D eigenvalue weighted by atomic mass is 32.2. The van der Waals surface area contributed by atoms with Crippen molar-refractivity contribution in [2.24, 2.45) is 0 Å². The molecule has 0 aliphatic carbocycles. The molecule has 0 atom stereocenters. The standard InChI is InChI=1S/C25H31N3O5S/c1-26(2)15-16-27-19-24(13-14-25(27)29)34(30,31)28(17-20-5-9-22(32-3)10-6-20)18-21-7-11-23(33-4)12-8-21/h5-14,19H,15-18H2,1-4H3. The van der Waals surface area contributed by atoms with Crippen molar-refractivity contribution >= 4 is 10.0 Å². The van der Waals surface area contributed by atoms with E-state index >= 15 is 0 Å². The number of pyridine rings is 1. The Hall–Kier alpha value is -3.14. The summed E-state index contributed by atoms with van der Waals surface area (Å²) in [6, 6.07) is 17.2. The number of likely N-dealkylation sites (N-methyl/N-ethyl adjacent to an activating group) is 1. The molecule has 1 heterocycles. The average Bonchev–Trinajstić information content (AvgIpc) is 2.83. The highest BCUT2D eigenvalue weighted by Crippen LogP contribution is 2.23. The van der Waals surface area contributed by atoms with Crippen LogP contribution in [-0.4, -0.2) is 57.0 Å². The van der Waals surface area contributed by atoms with Gasteiger partial charge in [0.2, 0.25) is 10.0 Å². The summed E-state index contributed by atoms with van der Waals surface area (Å²) < 4.78 is 40.8. The minimum atomic E-state index is -3.91. The normalized spacial score (nSPS) is 11.7. The molecule has 0 amide bonds. The van der Waals surface area contributed by atoms with E-state index in [0.29, 0.717) is 24.6 Å². The Morgan fingerprint density at radius 2 is 1.29 bits per heavy atom. The number of methoxy groups -OCH3 is 2. The maximum Gasteiger partial charge on any atom is 0.250 e. The van der Waals surface area contributed by atoms with Crippen molar-refractivity contribution < 1.29 is 17.9 Å². The number of nitrogens with zero attached hydrogens (tertiary/aromatic N) is 3. The molecular formula is C25H31N3O5S. The van der Waals surface area contributed by atoms with Crippen molar-refractivity contribution in [3.63, 3.8) is 0 Å². The van der Waals surface area contributed by atoms with E-state index in [9.17, 15) is 13.2 Å². The molecular weight excluding hydrogens is 454 g/mol. The molecule has 8 nitrogen and oxygen atoms in total. The van der Waals surface area contributed by atoms with Crippen LogP contribution >= 0.6 is 0 Å². The number of hydrogen-bond donors (Lipinski definition) is 0. The minimum Gasteiger partial charge on any atom is -0.497 e. The van der Waals surface area contributed by atoms with Gasteiger partial charge in [-0.3, -0.25) is 4.79 Å². The molecule has 0 bridgehead atoms. The van der Waals surface area contributed by atoms with Crippen LogP contribution in [0.5, 0.6) is 11.5 Å². The zero-order valence-electron chi connectivity index (χ0n) is 20.0. The average molecular weight is 486 g/mol. The number of ether oxygens (including phenoxy) is 2. The second-order valence-corrected chi connectivity index (χ2v) is 10.1. The molecule has 3 aromatic rings. The van der Waals surface area contributed by atoms with Crippen LogP contribution in [-0.2, 0) is 29.7 Å². The van der Waals surface area contributed by atoms with Crippen LogP contribution in [0.4, 0.5) is 0 Å². The third-order valence-electron chi connectivity index (χ3n) is 5.42. The van der Waals surface area contributed by atoms with E-state index in [-0.39, 0.29) is 23.5 Å². The fourth-order valence-electron chi connectivity index (χ4n) is 3.39. The van der Waals surface area contributed by atoms with E-state index in [1.54, 1.807) is 38.5 Å². The fraction of sp³-hybridized carbons (Fsp3) is 0.320. The van der Waals surface area contributed by atoms with Crippen molar-refractivity contribution in [2.75, 3.05) is 34.9 Å². The molecule has 0 aliphatic heterocycles. The summed E-state index contributed by atoms with van der Waals surface area (Å²) in [7, 11) is 3.06. The maximum atomic E-state index is 13.7. The quantitative estimate of drug-likeness (QED) is 0.416. The number of benzene rings is 2. The van der Waals surface area contributed by atoms with E-state index in [2.05, 4.69) is 0 Å². The first-order chi connectivity index (χ1) is 16.2. The Morgan fingerprint density at radius 1 is 0.794 bits per heavy atom. The number of rotatable bonds is 11. The topological polar surface area (TPSA) is 81.1 Å². The number of hydrogen-bond acceptors (Lipinski definition) is 6. The lowest BCUT2D eigenvalue weighted by Crippen LogP contribution is -2.32. The van der Waals surface area contributed by atoms with Crippen LogP contribution in [0.15, 0.2) is 76.6 Å². The molecule has 0 spiro atoms. The minimum absolute atomic E-state index is 0.0767. The first-order valence-corrected chi connectivity index (χ1v) is 12.3. The molecule has 0 saturated carbocycles. The summed E-state index contributed by atoms with van der Waals surface area (Å²) in [4.78, 5) is 14.3. The molecule has 182 valence electrons. The molecule has 0 saturated heterocycles. The highest BCUT2D eigenvalue weighted by molar-refractivity contribution is 7.89. The Balaban J connectivity index is 1.96. The van der Waals surface area contributed by atoms with Gasteiger partial charge in [0.15, 0.2) is 0 Å². The zero-order valence-corrected chi connectivity index (χ0v) is 20.8. The van der Waals surface area contributed by atoms with Gasteiger partial charge in [-0.05, 0) is 55.6 Å². The van der Waals surface area contributed by atoms with Crippen LogP contribution < -0.4 is 15.0 Å². The first kappa shape index (κ1) is 25.5. The summed E-state index contributed by atoms with van der Waals surface area (Å²) in [5.41, 5.74) is 1.40. The summed E-state index contributed by atoms with van der Waals surface area (Å²) in [6.45, 7) is 1.33. The smallest absolute Gasteiger partial charge is 0.250 e. The van der Waals surface area contributed by atoms with Crippen molar-refractivity contribution in [2.45, 2.75) is 24.5 Å². The summed E-state index contributed by atoms with van der Waals surface area (Å²) >= 11 is 0. The van der Waals surface area contributed by atoms with Crippen LogP contribution in [0.25, 0.3) is 0 Å². The highest BCUT2D eigenvalue weighted by Gasteiger charge is 2.26. The lowest BCUT2D eigenvalue weighted by molar-refractivity contribution is 0.378. The van der Waals surface area contributed by atoms with Gasteiger partial charge >= 0.3 is 0 Å². The molecule has 0 unspecified atom stereocenters. The van der Waals surface area contributed by atoms with Crippen LogP contribution in [0.2, 0.25) is 0 Å². The van der Waals surface area contributed by atoms with Crippen molar-refractivity contribution in [1.29, 1.82) is 0 Å². The Kier molecular flexibility index (Phi) is 8.49. The fourth-order valence-corrected chi connectivity index (χ4v) is 4.83. The van der Waals surface area contributed by atoms with Gasteiger partial charge in [0.05, 0.1) is 19.1 Å². The SMILES string of the molecule is COc1ccc(CN(Cc2ccc(OC)cc2)S(=O)(=O)c2ccc(=O)n(CCN(C)C)c2)cc1. The lowest BCUT2D eigenvalue weighted by atomic mass is 10.2. The van der Waals surface area contributed by atoms with Gasteiger partial charge in [0.25, 0.3) is 5.56 Å². The Bertz CT molecular complexity index is 1190. The van der Waals surface area contributed by atoms with Gasteiger partial charge < -0.3 is 18.9 Å². The van der Waals surface area contributed by atoms with E-state index < -0.39 is 10.0 Å². The molecule has 9 heteroatoms. The van der Waals surface area contributed by atoms with Crippen LogP contribution in [0.1, 0.15) is 11.1 Å². The third-order valence-corrected chi connectivity index (χ3v) is 7.19. The molecule has 0 N–H and O–H groups in total. The summed E-state index contributed by atoms with van der Waals surface area (Å²) in [5.74, 6) is 1.39. The first-order valence-electron chi connectivity index (χ1n) is 10.8. The van der Waals surface area contributed by atoms with Gasteiger partial charge in [0.1, 0.15) is 11.5 Å². The lowest BCUT2D eigenvalue weighted by Gasteiger charge is -2.23. The van der Waals surface area contributed by atoms with E-state index in [1.807, 2.05) is 43.3 Å². The summed E-state index contributed by atoms with van der Waals surface area (Å²) in [5, 5.41) is 0. The van der Waals surface area contributed by atoms with Crippen molar-refractivity contribution in [1.82, 2.24) is 13.8 Å². The van der Waals surface area contributed by atoms with Gasteiger partial charge in [-0.15, -0.1) is 0 Å². The monoisotopic (exact) mass is 485 g/mol. The predicted molar refractivity (Wildman–Crippen MR) is 132 cm³/mol. The summed E-state index contributed by atoms with van der Waals surface area (Å²) in [6.07, 6.45) is 1.43. The van der Waals surface area contributed by atoms with Crippen LogP contribution in [0, 0.1) is 0 Å².